The highest BCUT2D eigenvalue weighted by Gasteiger charge is 2.32. The van der Waals surface area contributed by atoms with Gasteiger partial charge in [0.2, 0.25) is 5.88 Å². The zero-order chi connectivity index (χ0) is 19.5. The van der Waals surface area contributed by atoms with Gasteiger partial charge in [-0.3, -0.25) is 0 Å². The van der Waals surface area contributed by atoms with Crippen molar-refractivity contribution in [1.82, 2.24) is 9.88 Å². The van der Waals surface area contributed by atoms with Gasteiger partial charge in [0.05, 0.1) is 32.8 Å². The number of benzene rings is 2. The molecule has 1 saturated heterocycles. The Morgan fingerprint density at radius 1 is 1.04 bits per heavy atom. The van der Waals surface area contributed by atoms with Crippen LogP contribution in [0.3, 0.4) is 0 Å². The fourth-order valence-electron chi connectivity index (χ4n) is 3.04. The molecule has 1 N–H and O–H groups in total. The molecule has 7 nitrogen and oxygen atoms in total. The number of nitrogens with zero attached hydrogens (tertiary/aromatic N) is 2. The summed E-state index contributed by atoms with van der Waals surface area (Å²) in [6, 6.07) is 16.8. The summed E-state index contributed by atoms with van der Waals surface area (Å²) in [4.78, 5) is 18.6. The molecule has 1 aromatic heterocycles. The lowest BCUT2D eigenvalue weighted by Gasteiger charge is -2.38. The van der Waals surface area contributed by atoms with Crippen molar-refractivity contribution in [3.05, 3.63) is 54.6 Å². The smallest absolute Gasteiger partial charge is 0.322 e. The van der Waals surface area contributed by atoms with E-state index in [0.717, 1.165) is 10.9 Å². The number of urea groups is 1. The Morgan fingerprint density at radius 2 is 1.75 bits per heavy atom. The summed E-state index contributed by atoms with van der Waals surface area (Å²) in [5, 5.41) is 3.93. The lowest BCUT2D eigenvalue weighted by Crippen LogP contribution is -2.57. The first kappa shape index (κ1) is 17.9. The summed E-state index contributed by atoms with van der Waals surface area (Å²) in [6.45, 7) is 1.00. The van der Waals surface area contributed by atoms with Crippen LogP contribution in [0, 0.1) is 0 Å². The van der Waals surface area contributed by atoms with E-state index >= 15 is 0 Å². The molecule has 1 aliphatic rings. The number of carbonyl (C=O) groups is 1. The van der Waals surface area contributed by atoms with Gasteiger partial charge in [-0.25, -0.2) is 9.78 Å². The molecule has 7 heteroatoms. The Bertz CT molecular complexity index is 980. The van der Waals surface area contributed by atoms with Crippen molar-refractivity contribution in [1.29, 1.82) is 0 Å². The Balaban J connectivity index is 1.33. The second kappa shape index (κ2) is 7.64. The molecule has 2 aromatic carbocycles. The van der Waals surface area contributed by atoms with Crippen molar-refractivity contribution < 1.29 is 19.0 Å². The quantitative estimate of drug-likeness (QED) is 0.734. The minimum absolute atomic E-state index is 0.0701. The number of fused-ring (bicyclic) bond motifs is 1. The molecule has 2 amide bonds. The normalized spacial score (nSPS) is 13.7. The van der Waals surface area contributed by atoms with Gasteiger partial charge in [-0.15, -0.1) is 0 Å². The molecule has 0 unspecified atom stereocenters. The number of aromatic nitrogens is 1. The van der Waals surface area contributed by atoms with Crippen molar-refractivity contribution in [3.63, 3.8) is 0 Å². The van der Waals surface area contributed by atoms with Crippen molar-refractivity contribution in [2.75, 3.05) is 32.6 Å². The minimum atomic E-state index is -0.193. The third kappa shape index (κ3) is 3.78. The number of amides is 2. The molecule has 0 bridgehead atoms. The van der Waals surface area contributed by atoms with Crippen LogP contribution >= 0.6 is 0 Å². The van der Waals surface area contributed by atoms with Crippen molar-refractivity contribution in [2.24, 2.45) is 0 Å². The molecule has 0 aliphatic carbocycles. The molecule has 0 saturated carbocycles. The number of anilines is 1. The Hall–Kier alpha value is -3.48. The summed E-state index contributed by atoms with van der Waals surface area (Å²) in [5.74, 6) is 1.80. The number of rotatable bonds is 5. The number of pyridine rings is 1. The van der Waals surface area contributed by atoms with Crippen LogP contribution in [0.5, 0.6) is 17.4 Å². The van der Waals surface area contributed by atoms with Crippen LogP contribution in [-0.4, -0.2) is 49.3 Å². The highest BCUT2D eigenvalue weighted by Crippen LogP contribution is 2.27. The molecule has 1 fully saturated rings. The number of ether oxygens (including phenoxy) is 3. The first-order chi connectivity index (χ1) is 13.6. The largest absolute Gasteiger partial charge is 0.497 e. The predicted molar refractivity (Wildman–Crippen MR) is 106 cm³/mol. The zero-order valence-electron chi connectivity index (χ0n) is 15.7. The van der Waals surface area contributed by atoms with E-state index in [1.54, 1.807) is 37.3 Å². The van der Waals surface area contributed by atoms with E-state index < -0.39 is 0 Å². The van der Waals surface area contributed by atoms with E-state index in [0.29, 0.717) is 36.2 Å². The monoisotopic (exact) mass is 379 g/mol. The summed E-state index contributed by atoms with van der Waals surface area (Å²) >= 11 is 0. The van der Waals surface area contributed by atoms with Gasteiger partial charge in [0.1, 0.15) is 17.6 Å². The Morgan fingerprint density at radius 3 is 2.46 bits per heavy atom. The van der Waals surface area contributed by atoms with Crippen LogP contribution in [0.4, 0.5) is 10.5 Å². The van der Waals surface area contributed by atoms with Gasteiger partial charge in [-0.05, 0) is 12.1 Å². The summed E-state index contributed by atoms with van der Waals surface area (Å²) in [5.41, 5.74) is 1.50. The van der Waals surface area contributed by atoms with Crippen LogP contribution in [0.15, 0.2) is 54.6 Å². The standard InChI is InChI=1S/C21H21N3O4/c1-26-16-9-15(10-17(11-16)27-2)22-21(25)24-12-18(13-24)28-20-8-7-14-5-3-4-6-19(14)23-20/h3-11,18H,12-13H2,1-2H3,(H,22,25). The first-order valence-corrected chi connectivity index (χ1v) is 8.96. The van der Waals surface area contributed by atoms with Gasteiger partial charge < -0.3 is 24.4 Å². The molecule has 28 heavy (non-hydrogen) atoms. The number of hydrogen-bond acceptors (Lipinski definition) is 5. The molecule has 0 spiro atoms. The lowest BCUT2D eigenvalue weighted by molar-refractivity contribution is 0.0463. The fraction of sp³-hybridized carbons (Fsp3) is 0.238. The second-order valence-electron chi connectivity index (χ2n) is 6.52. The van der Waals surface area contributed by atoms with E-state index in [1.807, 2.05) is 36.4 Å². The number of likely N-dealkylation sites (tertiary alicyclic amines) is 1. The third-order valence-electron chi connectivity index (χ3n) is 4.60. The second-order valence-corrected chi connectivity index (χ2v) is 6.52. The highest BCUT2D eigenvalue weighted by atomic mass is 16.5. The number of carbonyl (C=O) groups excluding carboxylic acids is 1. The minimum Gasteiger partial charge on any atom is -0.497 e. The van der Waals surface area contributed by atoms with E-state index in [1.165, 1.54) is 0 Å². The maximum Gasteiger partial charge on any atom is 0.322 e. The van der Waals surface area contributed by atoms with Crippen molar-refractivity contribution in [3.8, 4) is 17.4 Å². The van der Waals surface area contributed by atoms with Crippen molar-refractivity contribution >= 4 is 22.6 Å². The SMILES string of the molecule is COc1cc(NC(=O)N2CC(Oc3ccc4ccccc4n3)C2)cc(OC)c1. The van der Waals surface area contributed by atoms with E-state index in [2.05, 4.69) is 10.3 Å². The molecular weight excluding hydrogens is 358 g/mol. The average Bonchev–Trinajstić information content (AvgIpc) is 2.69. The summed E-state index contributed by atoms with van der Waals surface area (Å²) in [6.07, 6.45) is -0.0701. The maximum atomic E-state index is 12.4. The van der Waals surface area contributed by atoms with Gasteiger partial charge in [0.15, 0.2) is 0 Å². The van der Waals surface area contributed by atoms with E-state index in [4.69, 9.17) is 14.2 Å². The third-order valence-corrected chi connectivity index (χ3v) is 4.60. The van der Waals surface area contributed by atoms with Crippen LogP contribution < -0.4 is 19.5 Å². The molecular formula is C21H21N3O4. The molecule has 144 valence electrons. The van der Waals surface area contributed by atoms with Gasteiger partial charge >= 0.3 is 6.03 Å². The highest BCUT2D eigenvalue weighted by molar-refractivity contribution is 5.90. The van der Waals surface area contributed by atoms with Gasteiger partial charge in [0.25, 0.3) is 0 Å². The number of nitrogens with one attached hydrogen (secondary N) is 1. The average molecular weight is 379 g/mol. The van der Waals surface area contributed by atoms with Crippen molar-refractivity contribution in [2.45, 2.75) is 6.10 Å². The number of methoxy groups -OCH3 is 2. The zero-order valence-corrected chi connectivity index (χ0v) is 15.7. The predicted octanol–water partition coefficient (Wildman–Crippen LogP) is 3.55. The summed E-state index contributed by atoms with van der Waals surface area (Å²) in [7, 11) is 3.14. The number of hydrogen-bond donors (Lipinski definition) is 1. The molecule has 4 rings (SSSR count). The van der Waals surface area contributed by atoms with Crippen LogP contribution in [0.2, 0.25) is 0 Å². The van der Waals surface area contributed by atoms with Crippen LogP contribution in [-0.2, 0) is 0 Å². The number of para-hydroxylation sites is 1. The van der Waals surface area contributed by atoms with Crippen LogP contribution in [0.25, 0.3) is 10.9 Å². The molecule has 0 radical (unpaired) electrons. The maximum absolute atomic E-state index is 12.4. The lowest BCUT2D eigenvalue weighted by atomic mass is 10.2. The van der Waals surface area contributed by atoms with Gasteiger partial charge in [-0.2, -0.15) is 0 Å². The molecule has 3 aromatic rings. The van der Waals surface area contributed by atoms with E-state index in [-0.39, 0.29) is 12.1 Å². The fourth-order valence-corrected chi connectivity index (χ4v) is 3.04. The molecule has 2 heterocycles. The van der Waals surface area contributed by atoms with Crippen LogP contribution in [0.1, 0.15) is 0 Å². The molecule has 1 aliphatic heterocycles. The Labute approximate surface area is 162 Å². The topological polar surface area (TPSA) is 72.9 Å². The summed E-state index contributed by atoms with van der Waals surface area (Å²) < 4.78 is 16.3. The van der Waals surface area contributed by atoms with Gasteiger partial charge in [-0.1, -0.05) is 18.2 Å². The molecule has 0 atom stereocenters. The Kier molecular flexibility index (Phi) is 4.89. The van der Waals surface area contributed by atoms with Gasteiger partial charge in [0, 0.05) is 35.3 Å². The first-order valence-electron chi connectivity index (χ1n) is 8.96. The van der Waals surface area contributed by atoms with E-state index in [9.17, 15) is 4.79 Å².